The van der Waals surface area contributed by atoms with Crippen LogP contribution in [0.25, 0.3) is 0 Å². The molecule has 3 rings (SSSR count). The first kappa shape index (κ1) is 19.4. The molecule has 0 atom stereocenters. The Balaban J connectivity index is 1.59. The third kappa shape index (κ3) is 5.07. The molecular formula is C22H24N4O2. The van der Waals surface area contributed by atoms with E-state index in [-0.39, 0.29) is 5.91 Å². The molecule has 0 saturated carbocycles. The molecule has 0 saturated heterocycles. The van der Waals surface area contributed by atoms with Crippen molar-refractivity contribution in [2.75, 3.05) is 18.6 Å². The topological polar surface area (TPSA) is 67.4 Å². The molecular weight excluding hydrogens is 352 g/mol. The van der Waals surface area contributed by atoms with Crippen LogP contribution in [-0.2, 0) is 13.1 Å². The number of nitrogens with zero attached hydrogens (tertiary/aromatic N) is 3. The van der Waals surface area contributed by atoms with Crippen LogP contribution in [0, 0.1) is 0 Å². The number of hydrogen-bond donors (Lipinski definition) is 1. The second-order valence-electron chi connectivity index (χ2n) is 6.30. The third-order valence-electron chi connectivity index (χ3n) is 4.39. The van der Waals surface area contributed by atoms with Crippen LogP contribution in [-0.4, -0.2) is 29.5 Å². The van der Waals surface area contributed by atoms with Gasteiger partial charge < -0.3 is 15.0 Å². The summed E-state index contributed by atoms with van der Waals surface area (Å²) < 4.78 is 5.13. The summed E-state index contributed by atoms with van der Waals surface area (Å²) in [6, 6.07) is 17.7. The Morgan fingerprint density at radius 2 is 1.68 bits per heavy atom. The largest absolute Gasteiger partial charge is 0.497 e. The van der Waals surface area contributed by atoms with Crippen molar-refractivity contribution in [1.82, 2.24) is 15.3 Å². The highest BCUT2D eigenvalue weighted by Crippen LogP contribution is 2.13. The lowest BCUT2D eigenvalue weighted by Gasteiger charge is -2.20. The number of aromatic nitrogens is 2. The predicted octanol–water partition coefficient (Wildman–Crippen LogP) is 3.44. The zero-order valence-corrected chi connectivity index (χ0v) is 16.1. The van der Waals surface area contributed by atoms with Gasteiger partial charge in [0.05, 0.1) is 12.7 Å². The van der Waals surface area contributed by atoms with Crippen LogP contribution in [0.4, 0.5) is 5.95 Å². The molecule has 144 valence electrons. The van der Waals surface area contributed by atoms with E-state index in [1.165, 1.54) is 5.56 Å². The monoisotopic (exact) mass is 376 g/mol. The summed E-state index contributed by atoms with van der Waals surface area (Å²) in [4.78, 5) is 23.2. The molecule has 0 aliphatic rings. The number of hydrogen-bond acceptors (Lipinski definition) is 5. The molecule has 2 aromatic carbocycles. The van der Waals surface area contributed by atoms with Crippen molar-refractivity contribution in [2.24, 2.45) is 0 Å². The van der Waals surface area contributed by atoms with Crippen molar-refractivity contribution >= 4 is 11.9 Å². The van der Waals surface area contributed by atoms with E-state index >= 15 is 0 Å². The first-order valence-electron chi connectivity index (χ1n) is 9.21. The molecule has 1 N–H and O–H groups in total. The lowest BCUT2D eigenvalue weighted by atomic mass is 10.2. The van der Waals surface area contributed by atoms with E-state index in [1.54, 1.807) is 19.5 Å². The smallest absolute Gasteiger partial charge is 0.254 e. The Morgan fingerprint density at radius 3 is 2.29 bits per heavy atom. The molecule has 1 aromatic heterocycles. The van der Waals surface area contributed by atoms with Gasteiger partial charge in [-0.3, -0.25) is 4.79 Å². The maximum atomic E-state index is 12.4. The van der Waals surface area contributed by atoms with Crippen molar-refractivity contribution in [1.29, 1.82) is 0 Å². The minimum absolute atomic E-state index is 0.200. The van der Waals surface area contributed by atoms with E-state index in [0.717, 1.165) is 24.4 Å². The average molecular weight is 376 g/mol. The number of methoxy groups -OCH3 is 1. The molecule has 1 amide bonds. The van der Waals surface area contributed by atoms with Gasteiger partial charge in [0.25, 0.3) is 5.91 Å². The van der Waals surface area contributed by atoms with E-state index < -0.39 is 0 Å². The second kappa shape index (κ2) is 9.50. The molecule has 0 aliphatic carbocycles. The Morgan fingerprint density at radius 1 is 1.00 bits per heavy atom. The van der Waals surface area contributed by atoms with Crippen molar-refractivity contribution < 1.29 is 9.53 Å². The van der Waals surface area contributed by atoms with Crippen molar-refractivity contribution in [2.45, 2.75) is 20.0 Å². The van der Waals surface area contributed by atoms with Crippen LogP contribution in [0.3, 0.4) is 0 Å². The maximum Gasteiger partial charge on any atom is 0.254 e. The highest BCUT2D eigenvalue weighted by atomic mass is 16.5. The molecule has 0 unspecified atom stereocenters. The van der Waals surface area contributed by atoms with Crippen molar-refractivity contribution in [3.05, 3.63) is 83.7 Å². The number of amides is 1. The van der Waals surface area contributed by atoms with Gasteiger partial charge in [-0.05, 0) is 30.2 Å². The summed E-state index contributed by atoms with van der Waals surface area (Å²) in [6.07, 6.45) is 3.14. The number of nitrogens with one attached hydrogen (secondary N) is 1. The van der Waals surface area contributed by atoms with Crippen molar-refractivity contribution in [3.63, 3.8) is 0 Å². The highest BCUT2D eigenvalue weighted by Gasteiger charge is 2.11. The summed E-state index contributed by atoms with van der Waals surface area (Å²) in [5, 5.41) is 2.88. The standard InChI is InChI=1S/C22H24N4O2/c1-3-26(16-18-7-5-4-6-8-18)22-24-14-19(15-25-22)21(27)23-13-17-9-11-20(28-2)12-10-17/h4-12,14-15H,3,13,16H2,1-2H3,(H,23,27). The normalized spacial score (nSPS) is 10.4. The highest BCUT2D eigenvalue weighted by molar-refractivity contribution is 5.93. The molecule has 3 aromatic rings. The van der Waals surface area contributed by atoms with Gasteiger partial charge in [0.2, 0.25) is 5.95 Å². The summed E-state index contributed by atoms with van der Waals surface area (Å²) in [5.41, 5.74) is 2.62. The van der Waals surface area contributed by atoms with Crippen molar-refractivity contribution in [3.8, 4) is 5.75 Å². The van der Waals surface area contributed by atoms with Crippen LogP contribution in [0.15, 0.2) is 67.0 Å². The summed E-state index contributed by atoms with van der Waals surface area (Å²) in [5.74, 6) is 1.20. The Bertz CT molecular complexity index is 881. The molecule has 28 heavy (non-hydrogen) atoms. The molecule has 6 heteroatoms. The number of benzene rings is 2. The van der Waals surface area contributed by atoms with Gasteiger partial charge in [-0.15, -0.1) is 0 Å². The SMILES string of the molecule is CCN(Cc1ccccc1)c1ncc(C(=O)NCc2ccc(OC)cc2)cn1. The quantitative estimate of drug-likeness (QED) is 0.652. The van der Waals surface area contributed by atoms with Crippen LogP contribution in [0.2, 0.25) is 0 Å². The third-order valence-corrected chi connectivity index (χ3v) is 4.39. The Labute approximate surface area is 165 Å². The van der Waals surface area contributed by atoms with Crippen LogP contribution in [0.5, 0.6) is 5.75 Å². The number of rotatable bonds is 8. The summed E-state index contributed by atoms with van der Waals surface area (Å²) >= 11 is 0. The molecule has 0 radical (unpaired) electrons. The Kier molecular flexibility index (Phi) is 6.57. The van der Waals surface area contributed by atoms with E-state index in [9.17, 15) is 4.79 Å². The van der Waals surface area contributed by atoms with E-state index in [4.69, 9.17) is 4.74 Å². The van der Waals surface area contributed by atoms with Gasteiger partial charge in [0.15, 0.2) is 0 Å². The lowest BCUT2D eigenvalue weighted by Crippen LogP contribution is -2.26. The zero-order valence-electron chi connectivity index (χ0n) is 16.1. The zero-order chi connectivity index (χ0) is 19.8. The lowest BCUT2D eigenvalue weighted by molar-refractivity contribution is 0.0950. The fraction of sp³-hybridized carbons (Fsp3) is 0.227. The van der Waals surface area contributed by atoms with E-state index in [1.807, 2.05) is 42.5 Å². The minimum atomic E-state index is -0.200. The molecule has 6 nitrogen and oxygen atoms in total. The average Bonchev–Trinajstić information content (AvgIpc) is 2.77. The van der Waals surface area contributed by atoms with Gasteiger partial charge in [-0.2, -0.15) is 0 Å². The predicted molar refractivity (Wildman–Crippen MR) is 109 cm³/mol. The summed E-state index contributed by atoms with van der Waals surface area (Å²) in [6.45, 7) is 3.99. The Hall–Kier alpha value is -3.41. The number of carbonyl (C=O) groups excluding carboxylic acids is 1. The maximum absolute atomic E-state index is 12.4. The fourth-order valence-corrected chi connectivity index (χ4v) is 2.76. The molecule has 1 heterocycles. The molecule has 0 spiro atoms. The van der Waals surface area contributed by atoms with Crippen LogP contribution in [0.1, 0.15) is 28.4 Å². The number of anilines is 1. The first-order valence-corrected chi connectivity index (χ1v) is 9.21. The number of ether oxygens (including phenoxy) is 1. The van der Waals surface area contributed by atoms with Gasteiger partial charge >= 0.3 is 0 Å². The van der Waals surface area contributed by atoms with Crippen LogP contribution >= 0.6 is 0 Å². The fourth-order valence-electron chi connectivity index (χ4n) is 2.76. The van der Waals surface area contributed by atoms with E-state index in [0.29, 0.717) is 18.1 Å². The van der Waals surface area contributed by atoms with Gasteiger partial charge in [0.1, 0.15) is 5.75 Å². The molecule has 0 fully saturated rings. The molecule has 0 aliphatic heterocycles. The van der Waals surface area contributed by atoms with Gasteiger partial charge in [-0.1, -0.05) is 42.5 Å². The van der Waals surface area contributed by atoms with Gasteiger partial charge in [-0.25, -0.2) is 9.97 Å². The number of carbonyl (C=O) groups is 1. The summed E-state index contributed by atoms with van der Waals surface area (Å²) in [7, 11) is 1.62. The first-order chi connectivity index (χ1) is 13.7. The van der Waals surface area contributed by atoms with Gasteiger partial charge in [0, 0.05) is 32.0 Å². The minimum Gasteiger partial charge on any atom is -0.497 e. The van der Waals surface area contributed by atoms with Crippen LogP contribution < -0.4 is 15.0 Å². The second-order valence-corrected chi connectivity index (χ2v) is 6.30. The molecule has 0 bridgehead atoms. The van der Waals surface area contributed by atoms with E-state index in [2.05, 4.69) is 39.2 Å².